The molecule has 0 aliphatic carbocycles. The van der Waals surface area contributed by atoms with Crippen molar-refractivity contribution in [2.45, 2.75) is 40.0 Å². The molecule has 4 aromatic rings. The summed E-state index contributed by atoms with van der Waals surface area (Å²) in [6.45, 7) is 6.58. The Morgan fingerprint density at radius 3 is 2.60 bits per heavy atom. The van der Waals surface area contributed by atoms with Crippen molar-refractivity contribution in [1.29, 1.82) is 0 Å². The number of aliphatic hydroxyl groups excluding tert-OH is 1. The summed E-state index contributed by atoms with van der Waals surface area (Å²) in [4.78, 5) is 7.33. The average molecular weight is 469 g/mol. The van der Waals surface area contributed by atoms with Gasteiger partial charge in [-0.15, -0.1) is 0 Å². The predicted molar refractivity (Wildman–Crippen MR) is 138 cm³/mol. The molecule has 0 fully saturated rings. The van der Waals surface area contributed by atoms with Crippen LogP contribution in [0.5, 0.6) is 5.75 Å². The number of likely N-dealkylation sites (N-methyl/N-ethyl adjacent to an activating group) is 1. The van der Waals surface area contributed by atoms with Gasteiger partial charge >= 0.3 is 0 Å². The number of aryl methyl sites for hydroxylation is 2. The molecule has 0 amide bonds. The van der Waals surface area contributed by atoms with E-state index in [1.165, 1.54) is 16.7 Å². The van der Waals surface area contributed by atoms with E-state index >= 15 is 0 Å². The molecule has 180 valence electrons. The number of aromatic nitrogens is 3. The van der Waals surface area contributed by atoms with Gasteiger partial charge in [-0.1, -0.05) is 35.9 Å². The minimum absolute atomic E-state index is 0.0887. The SMILES string of the molecule is Cc1ccc(OCc2ccc3c(c2)CCN(C)C3)c(-c2cccc(-c3c(C)c(CO)nn3C)n2)c1. The van der Waals surface area contributed by atoms with E-state index in [0.717, 1.165) is 59.0 Å². The van der Waals surface area contributed by atoms with Crippen LogP contribution in [0.2, 0.25) is 0 Å². The minimum atomic E-state index is -0.0887. The maximum atomic E-state index is 9.62. The van der Waals surface area contributed by atoms with Gasteiger partial charge in [0.2, 0.25) is 0 Å². The number of fused-ring (bicyclic) bond motifs is 1. The van der Waals surface area contributed by atoms with Crippen LogP contribution in [0.3, 0.4) is 0 Å². The number of nitrogens with zero attached hydrogens (tertiary/aromatic N) is 4. The Labute approximate surface area is 206 Å². The van der Waals surface area contributed by atoms with Gasteiger partial charge in [-0.3, -0.25) is 4.68 Å². The second-order valence-electron chi connectivity index (χ2n) is 9.49. The van der Waals surface area contributed by atoms with E-state index in [2.05, 4.69) is 54.3 Å². The molecule has 35 heavy (non-hydrogen) atoms. The molecule has 1 aliphatic heterocycles. The Balaban J connectivity index is 1.44. The maximum absolute atomic E-state index is 9.62. The normalized spacial score (nSPS) is 13.6. The third-order valence-electron chi connectivity index (χ3n) is 6.80. The zero-order valence-corrected chi connectivity index (χ0v) is 20.9. The summed E-state index contributed by atoms with van der Waals surface area (Å²) < 4.78 is 8.14. The van der Waals surface area contributed by atoms with E-state index in [9.17, 15) is 5.11 Å². The molecule has 0 spiro atoms. The van der Waals surface area contributed by atoms with Crippen LogP contribution < -0.4 is 4.74 Å². The summed E-state index contributed by atoms with van der Waals surface area (Å²) in [7, 11) is 4.05. The number of benzene rings is 2. The van der Waals surface area contributed by atoms with Crippen LogP contribution in [0.15, 0.2) is 54.6 Å². The highest BCUT2D eigenvalue weighted by atomic mass is 16.5. The quantitative estimate of drug-likeness (QED) is 0.439. The zero-order chi connectivity index (χ0) is 24.5. The van der Waals surface area contributed by atoms with Crippen molar-refractivity contribution in [3.63, 3.8) is 0 Å². The molecule has 5 rings (SSSR count). The van der Waals surface area contributed by atoms with E-state index in [0.29, 0.717) is 12.3 Å². The number of hydrogen-bond donors (Lipinski definition) is 1. The third kappa shape index (κ3) is 4.72. The van der Waals surface area contributed by atoms with Crippen LogP contribution in [0, 0.1) is 13.8 Å². The topological polar surface area (TPSA) is 63.4 Å². The summed E-state index contributed by atoms with van der Waals surface area (Å²) in [6, 6.07) is 18.9. The molecular weight excluding hydrogens is 436 g/mol. The van der Waals surface area contributed by atoms with Crippen LogP contribution in [0.25, 0.3) is 22.6 Å². The summed E-state index contributed by atoms with van der Waals surface area (Å²) in [5.74, 6) is 0.815. The molecule has 3 heterocycles. The van der Waals surface area contributed by atoms with E-state index in [-0.39, 0.29) is 6.61 Å². The Hall–Kier alpha value is -3.48. The van der Waals surface area contributed by atoms with Crippen LogP contribution in [0.4, 0.5) is 0 Å². The smallest absolute Gasteiger partial charge is 0.129 e. The molecule has 0 radical (unpaired) electrons. The van der Waals surface area contributed by atoms with Crippen molar-refractivity contribution in [2.24, 2.45) is 7.05 Å². The maximum Gasteiger partial charge on any atom is 0.129 e. The highest BCUT2D eigenvalue weighted by Gasteiger charge is 2.17. The lowest BCUT2D eigenvalue weighted by molar-refractivity contribution is 0.275. The first kappa shape index (κ1) is 23.3. The molecule has 0 saturated carbocycles. The first-order chi connectivity index (χ1) is 16.9. The molecule has 1 N–H and O–H groups in total. The standard InChI is InChI=1S/C29H32N4O2/c1-19-8-11-28(35-18-21-9-10-23-16-32(3)13-12-22(23)15-21)24(14-19)25-6-5-7-26(30-25)29-20(2)27(17-34)31-33(29)4/h5-11,14-15,34H,12-13,16-18H2,1-4H3. The molecule has 0 saturated heterocycles. The number of hydrogen-bond acceptors (Lipinski definition) is 5. The summed E-state index contributed by atoms with van der Waals surface area (Å²) >= 11 is 0. The second-order valence-corrected chi connectivity index (χ2v) is 9.49. The van der Waals surface area contributed by atoms with Crippen molar-refractivity contribution in [2.75, 3.05) is 13.6 Å². The minimum Gasteiger partial charge on any atom is -0.488 e. The Bertz CT molecular complexity index is 1380. The molecular formula is C29H32N4O2. The Morgan fingerprint density at radius 1 is 0.971 bits per heavy atom. The molecule has 2 aromatic carbocycles. The van der Waals surface area contributed by atoms with Crippen LogP contribution >= 0.6 is 0 Å². The monoisotopic (exact) mass is 468 g/mol. The fourth-order valence-corrected chi connectivity index (χ4v) is 4.88. The number of pyridine rings is 1. The summed E-state index contributed by atoms with van der Waals surface area (Å²) in [6.07, 6.45) is 1.08. The average Bonchev–Trinajstić information content (AvgIpc) is 3.16. The highest BCUT2D eigenvalue weighted by molar-refractivity contribution is 5.71. The predicted octanol–water partition coefficient (Wildman–Crippen LogP) is 4.83. The van der Waals surface area contributed by atoms with Crippen LogP contribution in [-0.2, 0) is 33.2 Å². The summed E-state index contributed by atoms with van der Waals surface area (Å²) in [5.41, 5.74) is 10.3. The van der Waals surface area contributed by atoms with Gasteiger partial charge in [0, 0.05) is 31.3 Å². The Morgan fingerprint density at radius 2 is 1.80 bits per heavy atom. The van der Waals surface area contributed by atoms with E-state index in [4.69, 9.17) is 9.72 Å². The van der Waals surface area contributed by atoms with E-state index in [1.807, 2.05) is 38.2 Å². The van der Waals surface area contributed by atoms with Gasteiger partial charge in [0.15, 0.2) is 0 Å². The second kappa shape index (κ2) is 9.64. The molecule has 0 atom stereocenters. The van der Waals surface area contributed by atoms with Gasteiger partial charge in [0.05, 0.1) is 29.4 Å². The molecule has 6 heteroatoms. The van der Waals surface area contributed by atoms with Gasteiger partial charge in [-0.05, 0) is 68.3 Å². The van der Waals surface area contributed by atoms with Gasteiger partial charge in [0.1, 0.15) is 12.4 Å². The first-order valence-corrected chi connectivity index (χ1v) is 12.1. The molecule has 1 aliphatic rings. The number of ether oxygens (including phenoxy) is 1. The highest BCUT2D eigenvalue weighted by Crippen LogP contribution is 2.33. The third-order valence-corrected chi connectivity index (χ3v) is 6.80. The molecule has 2 aromatic heterocycles. The fourth-order valence-electron chi connectivity index (χ4n) is 4.88. The van der Waals surface area contributed by atoms with Crippen LogP contribution in [-0.4, -0.2) is 38.4 Å². The summed E-state index contributed by atoms with van der Waals surface area (Å²) in [5, 5.41) is 14.1. The van der Waals surface area contributed by atoms with Gasteiger partial charge < -0.3 is 14.7 Å². The lowest BCUT2D eigenvalue weighted by Gasteiger charge is -2.25. The van der Waals surface area contributed by atoms with Crippen molar-refractivity contribution in [1.82, 2.24) is 19.7 Å². The first-order valence-electron chi connectivity index (χ1n) is 12.1. The molecule has 6 nitrogen and oxygen atoms in total. The van der Waals surface area contributed by atoms with Crippen molar-refractivity contribution in [3.05, 3.63) is 88.1 Å². The van der Waals surface area contributed by atoms with Gasteiger partial charge in [-0.25, -0.2) is 4.98 Å². The van der Waals surface area contributed by atoms with Gasteiger partial charge in [0.25, 0.3) is 0 Å². The zero-order valence-electron chi connectivity index (χ0n) is 20.9. The molecule has 0 unspecified atom stereocenters. The van der Waals surface area contributed by atoms with Crippen molar-refractivity contribution >= 4 is 0 Å². The lowest BCUT2D eigenvalue weighted by Crippen LogP contribution is -2.26. The number of rotatable bonds is 6. The largest absolute Gasteiger partial charge is 0.488 e. The fraction of sp³-hybridized carbons (Fsp3) is 0.310. The van der Waals surface area contributed by atoms with E-state index in [1.54, 1.807) is 4.68 Å². The van der Waals surface area contributed by atoms with Gasteiger partial charge in [-0.2, -0.15) is 5.10 Å². The van der Waals surface area contributed by atoms with Crippen molar-refractivity contribution < 1.29 is 9.84 Å². The van der Waals surface area contributed by atoms with Crippen molar-refractivity contribution in [3.8, 4) is 28.4 Å². The lowest BCUT2D eigenvalue weighted by atomic mass is 9.98. The van der Waals surface area contributed by atoms with Crippen LogP contribution in [0.1, 0.15) is 33.5 Å². The number of aliphatic hydroxyl groups is 1. The Kier molecular flexibility index (Phi) is 6.41. The molecule has 0 bridgehead atoms. The van der Waals surface area contributed by atoms with E-state index < -0.39 is 0 Å².